The maximum absolute atomic E-state index is 13.2. The molecule has 1 aliphatic carbocycles. The summed E-state index contributed by atoms with van der Waals surface area (Å²) < 4.78 is 5.40. The summed E-state index contributed by atoms with van der Waals surface area (Å²) >= 11 is 0. The molecule has 3 amide bonds. The summed E-state index contributed by atoms with van der Waals surface area (Å²) in [7, 11) is 0. The van der Waals surface area contributed by atoms with Crippen LogP contribution in [0.3, 0.4) is 0 Å². The molecule has 0 unspecified atom stereocenters. The van der Waals surface area contributed by atoms with Crippen LogP contribution in [0.2, 0.25) is 0 Å². The smallest absolute Gasteiger partial charge is 0.338 e. The van der Waals surface area contributed by atoms with Crippen molar-refractivity contribution < 1.29 is 23.9 Å². The highest BCUT2D eigenvalue weighted by molar-refractivity contribution is 6.25. The van der Waals surface area contributed by atoms with Crippen molar-refractivity contribution in [2.75, 3.05) is 16.8 Å². The lowest BCUT2D eigenvalue weighted by molar-refractivity contribution is -0.122. The van der Waals surface area contributed by atoms with E-state index in [0.717, 1.165) is 24.8 Å². The van der Waals surface area contributed by atoms with Gasteiger partial charge in [-0.25, -0.2) is 9.69 Å². The first kappa shape index (κ1) is 29.2. The maximum Gasteiger partial charge on any atom is 0.338 e. The molecule has 1 saturated heterocycles. The third-order valence-electron chi connectivity index (χ3n) is 7.82. The molecule has 0 aromatic heterocycles. The van der Waals surface area contributed by atoms with Gasteiger partial charge in [-0.05, 0) is 62.6 Å². The normalized spacial score (nSPS) is 18.4. The van der Waals surface area contributed by atoms with Crippen molar-refractivity contribution in [3.63, 3.8) is 0 Å². The van der Waals surface area contributed by atoms with Gasteiger partial charge in [-0.1, -0.05) is 75.7 Å². The van der Waals surface area contributed by atoms with Gasteiger partial charge < -0.3 is 10.1 Å². The fraction of sp³-hybridized carbons (Fsp3) is 0.455. The highest BCUT2D eigenvalue weighted by Gasteiger charge is 2.49. The van der Waals surface area contributed by atoms with Crippen LogP contribution in [0.4, 0.5) is 11.4 Å². The number of anilines is 2. The molecule has 0 bridgehead atoms. The van der Waals surface area contributed by atoms with E-state index in [2.05, 4.69) is 12.2 Å². The Morgan fingerprint density at radius 1 is 0.875 bits per heavy atom. The summed E-state index contributed by atoms with van der Waals surface area (Å²) in [6.45, 7) is 4.58. The molecule has 1 aliphatic heterocycles. The summed E-state index contributed by atoms with van der Waals surface area (Å²) in [6, 6.07) is 13.2. The van der Waals surface area contributed by atoms with Crippen LogP contribution in [0.1, 0.15) is 98.8 Å². The molecule has 212 valence electrons. The lowest BCUT2D eigenvalue weighted by Gasteiger charge is -2.19. The molecule has 1 heterocycles. The number of hydrogen-bond acceptors (Lipinski definition) is 5. The van der Waals surface area contributed by atoms with E-state index >= 15 is 0 Å². The van der Waals surface area contributed by atoms with Crippen LogP contribution in [-0.4, -0.2) is 30.3 Å². The minimum atomic E-state index is -0.439. The van der Waals surface area contributed by atoms with E-state index in [-0.39, 0.29) is 35.2 Å². The quantitative estimate of drug-likeness (QED) is 0.126. The van der Waals surface area contributed by atoms with Gasteiger partial charge in [0.1, 0.15) is 0 Å². The van der Waals surface area contributed by atoms with Crippen LogP contribution in [0.5, 0.6) is 0 Å². The number of ether oxygens (including phenoxy) is 1. The topological polar surface area (TPSA) is 92.8 Å². The first-order chi connectivity index (χ1) is 19.4. The van der Waals surface area contributed by atoms with Crippen molar-refractivity contribution in [3.05, 3.63) is 71.3 Å². The molecule has 1 N–H and O–H groups in total. The van der Waals surface area contributed by atoms with Gasteiger partial charge in [0.05, 0.1) is 35.3 Å². The van der Waals surface area contributed by atoms with Gasteiger partial charge in [-0.15, -0.1) is 0 Å². The van der Waals surface area contributed by atoms with Crippen LogP contribution < -0.4 is 10.2 Å². The molecule has 40 heavy (non-hydrogen) atoms. The van der Waals surface area contributed by atoms with Crippen molar-refractivity contribution >= 4 is 35.1 Å². The third kappa shape index (κ3) is 7.06. The van der Waals surface area contributed by atoms with E-state index in [1.54, 1.807) is 48.5 Å². The molecule has 0 saturated carbocycles. The number of hydrogen-bond donors (Lipinski definition) is 1. The second-order valence-electron chi connectivity index (χ2n) is 10.9. The number of esters is 1. The molecule has 0 spiro atoms. The van der Waals surface area contributed by atoms with E-state index in [1.807, 2.05) is 13.0 Å². The van der Waals surface area contributed by atoms with Gasteiger partial charge in [-0.2, -0.15) is 0 Å². The molecule has 4 rings (SSSR count). The van der Waals surface area contributed by atoms with E-state index in [4.69, 9.17) is 4.74 Å². The van der Waals surface area contributed by atoms with E-state index in [1.165, 1.54) is 37.0 Å². The van der Waals surface area contributed by atoms with Gasteiger partial charge >= 0.3 is 5.97 Å². The average Bonchev–Trinajstić information content (AvgIpc) is 3.20. The van der Waals surface area contributed by atoms with Crippen LogP contribution in [-0.2, 0) is 14.3 Å². The molecule has 2 aromatic rings. The number of nitrogens with one attached hydrogen (secondary N) is 1. The zero-order valence-corrected chi connectivity index (χ0v) is 23.6. The predicted molar refractivity (Wildman–Crippen MR) is 156 cm³/mol. The highest BCUT2D eigenvalue weighted by Crippen LogP contribution is 2.40. The first-order valence-electron chi connectivity index (χ1n) is 14.6. The summed E-state index contributed by atoms with van der Waals surface area (Å²) in [4.78, 5) is 53.2. The zero-order chi connectivity index (χ0) is 28.5. The lowest BCUT2D eigenvalue weighted by atomic mass is 9.82. The second kappa shape index (κ2) is 14.1. The van der Waals surface area contributed by atoms with Crippen molar-refractivity contribution in [1.29, 1.82) is 0 Å². The molecule has 2 atom stereocenters. The average molecular weight is 545 g/mol. The van der Waals surface area contributed by atoms with Gasteiger partial charge in [0.25, 0.3) is 5.91 Å². The van der Waals surface area contributed by atoms with E-state index in [9.17, 15) is 19.2 Å². The second-order valence-corrected chi connectivity index (χ2v) is 10.9. The molecular formula is C33H40N2O5. The van der Waals surface area contributed by atoms with Gasteiger partial charge in [0, 0.05) is 5.69 Å². The Morgan fingerprint density at radius 3 is 2.25 bits per heavy atom. The Labute approximate surface area is 237 Å². The zero-order valence-electron chi connectivity index (χ0n) is 23.6. The number of allylic oxidation sites excluding steroid dienone is 2. The number of fused-ring (bicyclic) bond motifs is 1. The number of unbranched alkanes of at least 4 members (excludes halogenated alkanes) is 7. The number of nitrogens with zero attached hydrogens (tertiary/aromatic N) is 1. The third-order valence-corrected chi connectivity index (χ3v) is 7.82. The molecule has 2 aromatic carbocycles. The van der Waals surface area contributed by atoms with Crippen molar-refractivity contribution in [2.45, 2.75) is 78.1 Å². The van der Waals surface area contributed by atoms with Crippen LogP contribution >= 0.6 is 0 Å². The van der Waals surface area contributed by atoms with Crippen molar-refractivity contribution in [2.24, 2.45) is 11.8 Å². The van der Waals surface area contributed by atoms with Crippen LogP contribution in [0.15, 0.2) is 60.2 Å². The fourth-order valence-electron chi connectivity index (χ4n) is 5.51. The molecule has 0 radical (unpaired) electrons. The summed E-state index contributed by atoms with van der Waals surface area (Å²) in [5, 5.41) is 2.82. The van der Waals surface area contributed by atoms with Crippen LogP contribution in [0.25, 0.3) is 0 Å². The predicted octanol–water partition coefficient (Wildman–Crippen LogP) is 7.08. The SMILES string of the molecule is CCCCCCCCCCOC(=O)c1ccc(NC(=O)c2ccccc2N2C(=O)[C@H]3CC=C(C)C[C@H]3C2=O)cc1. The minimum Gasteiger partial charge on any atom is -0.462 e. The summed E-state index contributed by atoms with van der Waals surface area (Å²) in [5.74, 6) is -2.09. The molecule has 7 heteroatoms. The fourth-order valence-corrected chi connectivity index (χ4v) is 5.51. The standard InChI is InChI=1S/C33H40N2O5/c1-3-4-5-6-7-8-9-12-21-40-33(39)24-16-18-25(19-17-24)34-30(36)27-13-10-11-14-29(27)35-31(37)26-20-15-23(2)22-28(26)32(35)38/h10-11,13-19,26,28H,3-9,12,20-22H2,1-2H3,(H,34,36)/t26-,28+/m0/s1. The summed E-state index contributed by atoms with van der Waals surface area (Å²) in [5.41, 5.74) is 2.55. The Kier molecular flexibility index (Phi) is 10.3. The maximum atomic E-state index is 13.2. The Hall–Kier alpha value is -3.74. The number of rotatable bonds is 13. The number of para-hydroxylation sites is 1. The van der Waals surface area contributed by atoms with Gasteiger partial charge in [0.15, 0.2) is 0 Å². The minimum absolute atomic E-state index is 0.237. The first-order valence-corrected chi connectivity index (χ1v) is 14.6. The van der Waals surface area contributed by atoms with Gasteiger partial charge in [0.2, 0.25) is 11.8 Å². The lowest BCUT2D eigenvalue weighted by Crippen LogP contribution is -2.33. The Balaban J connectivity index is 1.30. The van der Waals surface area contributed by atoms with Crippen LogP contribution in [0, 0.1) is 11.8 Å². The van der Waals surface area contributed by atoms with Crippen molar-refractivity contribution in [1.82, 2.24) is 0 Å². The Bertz CT molecular complexity index is 1250. The Morgan fingerprint density at radius 2 is 1.52 bits per heavy atom. The summed E-state index contributed by atoms with van der Waals surface area (Å²) in [6.07, 6.45) is 12.5. The largest absolute Gasteiger partial charge is 0.462 e. The van der Waals surface area contributed by atoms with Crippen molar-refractivity contribution in [3.8, 4) is 0 Å². The molecule has 2 aliphatic rings. The molecular weight excluding hydrogens is 504 g/mol. The molecule has 7 nitrogen and oxygen atoms in total. The number of carbonyl (C=O) groups is 4. The van der Waals surface area contributed by atoms with Gasteiger partial charge in [-0.3, -0.25) is 14.4 Å². The number of benzene rings is 2. The number of carbonyl (C=O) groups excluding carboxylic acids is 4. The number of amides is 3. The van der Waals surface area contributed by atoms with E-state index in [0.29, 0.717) is 36.4 Å². The monoisotopic (exact) mass is 544 g/mol. The number of imide groups is 1. The molecule has 1 fully saturated rings. The van der Waals surface area contributed by atoms with E-state index < -0.39 is 5.91 Å². The highest BCUT2D eigenvalue weighted by atomic mass is 16.5.